The fraction of sp³-hybridized carbons (Fsp3) is 0.933. The maximum Gasteiger partial charge on any atom is 0.236 e. The van der Waals surface area contributed by atoms with Gasteiger partial charge in [0.15, 0.2) is 0 Å². The molecule has 0 saturated carbocycles. The number of hydrogen-bond acceptors (Lipinski definition) is 4. The number of nitrogens with zero attached hydrogens (tertiary/aromatic N) is 3. The minimum atomic E-state index is 0. The van der Waals surface area contributed by atoms with Crippen LogP contribution < -0.4 is 5.32 Å². The largest absolute Gasteiger partial charge is 0.339 e. The number of rotatable bonds is 1. The van der Waals surface area contributed by atoms with Crippen molar-refractivity contribution in [3.05, 3.63) is 0 Å². The van der Waals surface area contributed by atoms with Crippen LogP contribution in [0.25, 0.3) is 0 Å². The van der Waals surface area contributed by atoms with Gasteiger partial charge in [-0.15, -0.1) is 0 Å². The highest BCUT2D eigenvalue weighted by Gasteiger charge is 2.24. The molecule has 1 unspecified atom stereocenters. The summed E-state index contributed by atoms with van der Waals surface area (Å²) in [6, 6.07) is 0.547. The van der Waals surface area contributed by atoms with Gasteiger partial charge in [0, 0.05) is 59.8 Å². The molecule has 20 heavy (non-hydrogen) atoms. The van der Waals surface area contributed by atoms with Crippen LogP contribution in [0, 0.1) is 0 Å². The Labute approximate surface area is 125 Å². The van der Waals surface area contributed by atoms with Crippen LogP contribution in [0.5, 0.6) is 0 Å². The van der Waals surface area contributed by atoms with Crippen LogP contribution in [0.1, 0.15) is 29.1 Å². The standard InChI is InChI=1S/C13H26N4O.C2H6.H2/c1-12(2)16-6-4-14-3-5-15-7-8-17(10-9-16)13(18)11-15;1-2;/h12,14H,3-11H2,1-2H3;1-2H3;1H. The molecule has 5 heteroatoms. The van der Waals surface area contributed by atoms with E-state index in [0.717, 1.165) is 52.4 Å². The summed E-state index contributed by atoms with van der Waals surface area (Å²) in [7, 11) is 0. The molecule has 0 aromatic carbocycles. The molecule has 1 N–H and O–H groups in total. The van der Waals surface area contributed by atoms with Crippen molar-refractivity contribution in [2.24, 2.45) is 0 Å². The first-order valence-electron chi connectivity index (χ1n) is 8.11. The van der Waals surface area contributed by atoms with Gasteiger partial charge in [-0.1, -0.05) is 13.8 Å². The van der Waals surface area contributed by atoms with Crippen molar-refractivity contribution in [1.29, 1.82) is 0 Å². The van der Waals surface area contributed by atoms with E-state index >= 15 is 0 Å². The Bertz CT molecular complexity index is 287. The van der Waals surface area contributed by atoms with Crippen LogP contribution in [0.3, 0.4) is 0 Å². The first-order chi connectivity index (χ1) is 9.66. The van der Waals surface area contributed by atoms with Crippen LogP contribution in [-0.2, 0) is 4.79 Å². The van der Waals surface area contributed by atoms with Gasteiger partial charge >= 0.3 is 0 Å². The predicted octanol–water partition coefficient (Wildman–Crippen LogP) is 0.716. The lowest BCUT2D eigenvalue weighted by Gasteiger charge is -2.37. The summed E-state index contributed by atoms with van der Waals surface area (Å²) in [6.45, 7) is 16.9. The van der Waals surface area contributed by atoms with Crippen molar-refractivity contribution in [2.75, 3.05) is 58.9 Å². The van der Waals surface area contributed by atoms with Gasteiger partial charge in [-0.05, 0) is 13.8 Å². The fourth-order valence-corrected chi connectivity index (χ4v) is 2.65. The second-order valence-electron chi connectivity index (χ2n) is 5.54. The smallest absolute Gasteiger partial charge is 0.236 e. The van der Waals surface area contributed by atoms with E-state index in [-0.39, 0.29) is 1.43 Å². The quantitative estimate of drug-likeness (QED) is 0.771. The van der Waals surface area contributed by atoms with E-state index < -0.39 is 0 Å². The van der Waals surface area contributed by atoms with Crippen molar-refractivity contribution in [1.82, 2.24) is 20.0 Å². The van der Waals surface area contributed by atoms with Gasteiger partial charge in [0.05, 0.1) is 6.54 Å². The summed E-state index contributed by atoms with van der Waals surface area (Å²) in [5.74, 6) is 0.297. The molecule has 3 aliphatic heterocycles. The third-order valence-corrected chi connectivity index (χ3v) is 3.97. The number of hydrogen-bond donors (Lipinski definition) is 1. The van der Waals surface area contributed by atoms with Crippen molar-refractivity contribution in [3.8, 4) is 0 Å². The molecular formula is C15H34N4O. The van der Waals surface area contributed by atoms with E-state index in [4.69, 9.17) is 0 Å². The minimum absolute atomic E-state index is 0. The molecule has 120 valence electrons. The number of fused-ring (bicyclic) bond motifs is 9. The SMILES string of the molecule is CC.CC(C)N1CCNCCN2CCN(CC1)C(=O)C2.[HH]. The van der Waals surface area contributed by atoms with E-state index in [1.165, 1.54) is 0 Å². The third kappa shape index (κ3) is 5.38. The molecule has 0 spiro atoms. The van der Waals surface area contributed by atoms with E-state index in [9.17, 15) is 4.79 Å². The Hall–Kier alpha value is -0.650. The number of carbonyl (C=O) groups is 1. The monoisotopic (exact) mass is 286 g/mol. The molecule has 3 saturated heterocycles. The summed E-state index contributed by atoms with van der Waals surface area (Å²) in [5.41, 5.74) is 0. The van der Waals surface area contributed by atoms with Crippen molar-refractivity contribution in [3.63, 3.8) is 0 Å². The molecule has 0 radical (unpaired) electrons. The van der Waals surface area contributed by atoms with Crippen LogP contribution in [-0.4, -0.2) is 85.6 Å². The van der Waals surface area contributed by atoms with Crippen LogP contribution in [0.2, 0.25) is 0 Å². The summed E-state index contributed by atoms with van der Waals surface area (Å²) in [6.07, 6.45) is 0. The predicted molar refractivity (Wildman–Crippen MR) is 86.1 cm³/mol. The lowest BCUT2D eigenvalue weighted by Crippen LogP contribution is -2.54. The van der Waals surface area contributed by atoms with E-state index in [2.05, 4.69) is 29.0 Å². The molecular weight excluding hydrogens is 252 g/mol. The zero-order chi connectivity index (χ0) is 15.0. The fourth-order valence-electron chi connectivity index (χ4n) is 2.65. The lowest BCUT2D eigenvalue weighted by molar-refractivity contribution is -0.136. The Morgan fingerprint density at radius 1 is 1.00 bits per heavy atom. The highest BCUT2D eigenvalue weighted by atomic mass is 16.2. The van der Waals surface area contributed by atoms with Gasteiger partial charge in [-0.25, -0.2) is 0 Å². The van der Waals surface area contributed by atoms with E-state index in [1.54, 1.807) is 0 Å². The van der Waals surface area contributed by atoms with Crippen LogP contribution >= 0.6 is 0 Å². The molecule has 3 aliphatic rings. The maximum atomic E-state index is 12.0. The Balaban J connectivity index is 0.00000128. The second kappa shape index (κ2) is 9.32. The molecule has 2 bridgehead atoms. The molecule has 1 atom stereocenters. The normalized spacial score (nSPS) is 25.8. The zero-order valence-electron chi connectivity index (χ0n) is 13.7. The first-order valence-corrected chi connectivity index (χ1v) is 8.11. The zero-order valence-corrected chi connectivity index (χ0v) is 13.7. The van der Waals surface area contributed by atoms with Gasteiger partial charge in [0.25, 0.3) is 0 Å². The van der Waals surface area contributed by atoms with Crippen LogP contribution in [0.4, 0.5) is 0 Å². The number of carbonyl (C=O) groups excluding carboxylic acids is 1. The Morgan fingerprint density at radius 3 is 2.30 bits per heavy atom. The Kier molecular flexibility index (Phi) is 8.11. The van der Waals surface area contributed by atoms with Gasteiger partial charge in [-0.2, -0.15) is 0 Å². The van der Waals surface area contributed by atoms with Gasteiger partial charge in [-0.3, -0.25) is 14.6 Å². The lowest BCUT2D eigenvalue weighted by atomic mass is 10.2. The maximum absolute atomic E-state index is 12.0. The molecule has 0 aliphatic carbocycles. The van der Waals surface area contributed by atoms with Crippen molar-refractivity contribution >= 4 is 5.91 Å². The summed E-state index contributed by atoms with van der Waals surface area (Å²) < 4.78 is 0. The summed E-state index contributed by atoms with van der Waals surface area (Å²) in [4.78, 5) is 18.8. The van der Waals surface area contributed by atoms with Gasteiger partial charge in [0.2, 0.25) is 5.91 Å². The Morgan fingerprint density at radius 2 is 1.65 bits per heavy atom. The topological polar surface area (TPSA) is 38.8 Å². The molecule has 0 aromatic rings. The number of piperazine rings is 1. The molecule has 1 amide bonds. The molecule has 0 aromatic heterocycles. The third-order valence-electron chi connectivity index (χ3n) is 3.97. The molecule has 3 fully saturated rings. The highest BCUT2D eigenvalue weighted by molar-refractivity contribution is 5.79. The molecule has 3 heterocycles. The average Bonchev–Trinajstić information content (AvgIpc) is 2.43. The van der Waals surface area contributed by atoms with E-state index in [1.807, 2.05) is 18.7 Å². The highest BCUT2D eigenvalue weighted by Crippen LogP contribution is 2.05. The van der Waals surface area contributed by atoms with Crippen LogP contribution in [0.15, 0.2) is 0 Å². The van der Waals surface area contributed by atoms with Crippen molar-refractivity contribution in [2.45, 2.75) is 33.7 Å². The minimum Gasteiger partial charge on any atom is -0.339 e. The molecule has 5 nitrogen and oxygen atoms in total. The number of amides is 1. The van der Waals surface area contributed by atoms with Gasteiger partial charge in [0.1, 0.15) is 0 Å². The average molecular weight is 286 g/mol. The van der Waals surface area contributed by atoms with Crippen molar-refractivity contribution < 1.29 is 6.22 Å². The molecule has 3 rings (SSSR count). The van der Waals surface area contributed by atoms with Gasteiger partial charge < -0.3 is 10.2 Å². The number of nitrogens with one attached hydrogen (secondary N) is 1. The first kappa shape index (κ1) is 17.4. The van der Waals surface area contributed by atoms with E-state index in [0.29, 0.717) is 18.5 Å². The summed E-state index contributed by atoms with van der Waals surface area (Å²) in [5, 5.41) is 3.48. The second-order valence-corrected chi connectivity index (χ2v) is 5.54. The summed E-state index contributed by atoms with van der Waals surface area (Å²) >= 11 is 0.